The monoisotopic (exact) mass is 323 g/mol. The molecule has 1 aromatic carbocycles. The molecule has 2 atom stereocenters. The number of fused-ring (bicyclic) bond motifs is 3. The zero-order valence-corrected chi connectivity index (χ0v) is 14.2. The Hall–Kier alpha value is -2.14. The lowest BCUT2D eigenvalue weighted by Crippen LogP contribution is -2.10. The molecule has 2 heterocycles. The number of pyridine rings is 1. The number of nitrogens with zero attached hydrogens (tertiary/aromatic N) is 3. The summed E-state index contributed by atoms with van der Waals surface area (Å²) in [4.78, 5) is 9.42. The van der Waals surface area contributed by atoms with E-state index in [2.05, 4.69) is 28.6 Å². The first kappa shape index (κ1) is 15.4. The first-order valence-electron chi connectivity index (χ1n) is 8.96. The summed E-state index contributed by atoms with van der Waals surface area (Å²) in [6, 6.07) is 8.21. The smallest absolute Gasteiger partial charge is 0.152 e. The number of aromatic nitrogens is 3. The Morgan fingerprint density at radius 2 is 2.04 bits per heavy atom. The molecule has 126 valence electrons. The topological polar surface area (TPSA) is 82.8 Å². The molecule has 0 amide bonds. The van der Waals surface area contributed by atoms with Crippen molar-refractivity contribution in [3.63, 3.8) is 0 Å². The highest BCUT2D eigenvalue weighted by Crippen LogP contribution is 2.40. The van der Waals surface area contributed by atoms with E-state index in [1.165, 1.54) is 6.42 Å². The minimum Gasteiger partial charge on any atom is -0.382 e. The second-order valence-electron chi connectivity index (χ2n) is 6.95. The van der Waals surface area contributed by atoms with E-state index < -0.39 is 0 Å². The Morgan fingerprint density at radius 3 is 2.79 bits per heavy atom. The number of anilines is 1. The van der Waals surface area contributed by atoms with Gasteiger partial charge in [0.05, 0.1) is 11.0 Å². The maximum absolute atomic E-state index is 6.23. The Balaban J connectivity index is 1.90. The van der Waals surface area contributed by atoms with Gasteiger partial charge in [0.15, 0.2) is 5.82 Å². The maximum Gasteiger partial charge on any atom is 0.152 e. The average molecular weight is 323 g/mol. The van der Waals surface area contributed by atoms with Crippen LogP contribution in [0.3, 0.4) is 0 Å². The number of aryl methyl sites for hydroxylation is 1. The summed E-state index contributed by atoms with van der Waals surface area (Å²) in [6.07, 6.45) is 4.51. The van der Waals surface area contributed by atoms with Crippen molar-refractivity contribution >= 4 is 27.8 Å². The highest BCUT2D eigenvalue weighted by atomic mass is 15.1. The molecule has 0 saturated heterocycles. The maximum atomic E-state index is 6.23. The Bertz CT molecular complexity index is 882. The molecule has 24 heavy (non-hydrogen) atoms. The number of benzene rings is 1. The van der Waals surface area contributed by atoms with E-state index >= 15 is 0 Å². The van der Waals surface area contributed by atoms with E-state index in [-0.39, 0.29) is 0 Å². The molecule has 1 saturated carbocycles. The van der Waals surface area contributed by atoms with Crippen molar-refractivity contribution < 1.29 is 0 Å². The summed E-state index contributed by atoms with van der Waals surface area (Å²) < 4.78 is 2.39. The van der Waals surface area contributed by atoms with Crippen molar-refractivity contribution in [2.45, 2.75) is 39.2 Å². The van der Waals surface area contributed by atoms with Gasteiger partial charge in [0.25, 0.3) is 0 Å². The molecule has 5 nitrogen and oxygen atoms in total. The number of para-hydroxylation sites is 1. The summed E-state index contributed by atoms with van der Waals surface area (Å²) in [5.41, 5.74) is 15.0. The molecule has 4 rings (SSSR count). The number of unbranched alkanes of at least 4 members (excludes halogenated alkanes) is 1. The fraction of sp³-hybridized carbons (Fsp3) is 0.474. The molecule has 1 unspecified atom stereocenters. The third-order valence-electron chi connectivity index (χ3n) is 5.23. The Kier molecular flexibility index (Phi) is 3.88. The molecule has 1 aliphatic carbocycles. The minimum atomic E-state index is 0.534. The van der Waals surface area contributed by atoms with Gasteiger partial charge in [0, 0.05) is 18.4 Å². The highest BCUT2D eigenvalue weighted by Gasteiger charge is 2.36. The van der Waals surface area contributed by atoms with Gasteiger partial charge in [-0.3, -0.25) is 0 Å². The second-order valence-corrected chi connectivity index (χ2v) is 6.95. The third kappa shape index (κ3) is 2.53. The van der Waals surface area contributed by atoms with E-state index in [9.17, 15) is 0 Å². The van der Waals surface area contributed by atoms with E-state index in [0.717, 1.165) is 60.1 Å². The molecular weight excluding hydrogens is 298 g/mol. The molecule has 0 aliphatic heterocycles. The second kappa shape index (κ2) is 6.06. The van der Waals surface area contributed by atoms with Crippen LogP contribution in [-0.2, 0) is 13.0 Å². The van der Waals surface area contributed by atoms with Gasteiger partial charge in [-0.2, -0.15) is 0 Å². The SMILES string of the molecule is CCCCc1nc2c(N)nc3ccccc3c2n1C[C@@H]1CC1CN. The van der Waals surface area contributed by atoms with Crippen LogP contribution in [-0.4, -0.2) is 21.1 Å². The summed E-state index contributed by atoms with van der Waals surface area (Å²) in [7, 11) is 0. The van der Waals surface area contributed by atoms with E-state index in [4.69, 9.17) is 16.5 Å². The Morgan fingerprint density at radius 1 is 1.21 bits per heavy atom. The number of hydrogen-bond acceptors (Lipinski definition) is 4. The number of imidazole rings is 1. The van der Waals surface area contributed by atoms with Gasteiger partial charge in [0.1, 0.15) is 11.3 Å². The molecular formula is C19H25N5. The molecule has 0 bridgehead atoms. The van der Waals surface area contributed by atoms with Gasteiger partial charge in [-0.1, -0.05) is 31.5 Å². The van der Waals surface area contributed by atoms with E-state index in [0.29, 0.717) is 17.7 Å². The highest BCUT2D eigenvalue weighted by molar-refractivity contribution is 6.06. The van der Waals surface area contributed by atoms with Crippen LogP contribution in [0.1, 0.15) is 32.0 Å². The van der Waals surface area contributed by atoms with Crippen molar-refractivity contribution in [1.82, 2.24) is 14.5 Å². The van der Waals surface area contributed by atoms with Crippen molar-refractivity contribution in [2.24, 2.45) is 17.6 Å². The van der Waals surface area contributed by atoms with Gasteiger partial charge < -0.3 is 16.0 Å². The summed E-state index contributed by atoms with van der Waals surface area (Å²) in [5, 5.41) is 1.14. The van der Waals surface area contributed by atoms with Crippen LogP contribution < -0.4 is 11.5 Å². The van der Waals surface area contributed by atoms with Gasteiger partial charge in [-0.25, -0.2) is 9.97 Å². The van der Waals surface area contributed by atoms with Crippen LogP contribution in [0.4, 0.5) is 5.82 Å². The number of rotatable bonds is 6. The van der Waals surface area contributed by atoms with Crippen molar-refractivity contribution in [3.8, 4) is 0 Å². The zero-order chi connectivity index (χ0) is 16.7. The standard InChI is InChI=1S/C19H25N5/c1-2-3-8-16-23-17-18(24(16)11-13-9-12(13)10-20)14-6-4-5-7-15(14)22-19(17)21/h4-7,12-13H,2-3,8-11,20H2,1H3,(H2,21,22)/t12?,13-/m0/s1. The van der Waals surface area contributed by atoms with Crippen LogP contribution in [0.15, 0.2) is 24.3 Å². The van der Waals surface area contributed by atoms with Crippen LogP contribution >= 0.6 is 0 Å². The summed E-state index contributed by atoms with van der Waals surface area (Å²) >= 11 is 0. The fourth-order valence-electron chi connectivity index (χ4n) is 3.68. The van der Waals surface area contributed by atoms with Gasteiger partial charge in [-0.05, 0) is 37.3 Å². The van der Waals surface area contributed by atoms with E-state index in [1.54, 1.807) is 0 Å². The molecule has 4 N–H and O–H groups in total. The minimum absolute atomic E-state index is 0.534. The lowest BCUT2D eigenvalue weighted by molar-refractivity contribution is 0.564. The number of hydrogen-bond donors (Lipinski definition) is 2. The predicted octanol–water partition coefficient (Wildman–Crippen LogP) is 3.10. The third-order valence-corrected chi connectivity index (χ3v) is 5.23. The summed E-state index contributed by atoms with van der Waals surface area (Å²) in [6.45, 7) is 3.99. The summed E-state index contributed by atoms with van der Waals surface area (Å²) in [5.74, 6) is 3.00. The molecule has 3 aromatic rings. The zero-order valence-electron chi connectivity index (χ0n) is 14.2. The molecule has 1 fully saturated rings. The van der Waals surface area contributed by atoms with Crippen molar-refractivity contribution in [2.75, 3.05) is 12.3 Å². The van der Waals surface area contributed by atoms with Crippen LogP contribution in [0.5, 0.6) is 0 Å². The molecule has 2 aromatic heterocycles. The first-order chi connectivity index (χ1) is 11.7. The first-order valence-corrected chi connectivity index (χ1v) is 8.96. The van der Waals surface area contributed by atoms with Crippen LogP contribution in [0, 0.1) is 11.8 Å². The molecule has 5 heteroatoms. The number of nitrogen functional groups attached to an aromatic ring is 1. The quantitative estimate of drug-likeness (QED) is 0.730. The van der Waals surface area contributed by atoms with Crippen molar-refractivity contribution in [1.29, 1.82) is 0 Å². The average Bonchev–Trinajstić information content (AvgIpc) is 3.25. The molecule has 1 aliphatic rings. The fourth-order valence-corrected chi connectivity index (χ4v) is 3.68. The molecule has 0 spiro atoms. The lowest BCUT2D eigenvalue weighted by Gasteiger charge is -2.10. The van der Waals surface area contributed by atoms with Gasteiger partial charge in [0.2, 0.25) is 0 Å². The normalized spacial score (nSPS) is 20.1. The largest absolute Gasteiger partial charge is 0.382 e. The predicted molar refractivity (Wildman–Crippen MR) is 98.7 cm³/mol. The van der Waals surface area contributed by atoms with Gasteiger partial charge >= 0.3 is 0 Å². The molecule has 0 radical (unpaired) electrons. The van der Waals surface area contributed by atoms with Gasteiger partial charge in [-0.15, -0.1) is 0 Å². The Labute approximate surface area is 142 Å². The lowest BCUT2D eigenvalue weighted by atomic mass is 10.2. The van der Waals surface area contributed by atoms with E-state index in [1.807, 2.05) is 12.1 Å². The van der Waals surface area contributed by atoms with Crippen LogP contribution in [0.25, 0.3) is 21.9 Å². The van der Waals surface area contributed by atoms with Crippen molar-refractivity contribution in [3.05, 3.63) is 30.1 Å². The van der Waals surface area contributed by atoms with Crippen LogP contribution in [0.2, 0.25) is 0 Å². The number of nitrogens with two attached hydrogens (primary N) is 2.